The Kier molecular flexibility index (Phi) is 11.9. The van der Waals surface area contributed by atoms with Crippen LogP contribution in [0, 0.1) is 5.92 Å². The highest BCUT2D eigenvalue weighted by atomic mass is 127. The highest BCUT2D eigenvalue weighted by Crippen LogP contribution is 2.27. The molecular formula is C18H34IN5O2. The van der Waals surface area contributed by atoms with E-state index in [4.69, 9.17) is 9.47 Å². The fourth-order valence-electron chi connectivity index (χ4n) is 3.20. The first-order chi connectivity index (χ1) is 12.3. The van der Waals surface area contributed by atoms with Crippen LogP contribution < -0.4 is 5.32 Å². The third kappa shape index (κ3) is 7.40. The third-order valence-corrected chi connectivity index (χ3v) is 4.77. The molecule has 2 atom stereocenters. The minimum Gasteiger partial charge on any atom is -0.382 e. The van der Waals surface area contributed by atoms with Crippen molar-refractivity contribution < 1.29 is 9.47 Å². The van der Waals surface area contributed by atoms with Crippen LogP contribution in [0.5, 0.6) is 0 Å². The zero-order valence-electron chi connectivity index (χ0n) is 16.3. The van der Waals surface area contributed by atoms with E-state index in [9.17, 15) is 0 Å². The molecule has 7 nitrogen and oxygen atoms in total. The summed E-state index contributed by atoms with van der Waals surface area (Å²) >= 11 is 0. The van der Waals surface area contributed by atoms with Gasteiger partial charge < -0.3 is 24.3 Å². The van der Waals surface area contributed by atoms with Crippen molar-refractivity contribution in [3.05, 3.63) is 18.7 Å². The predicted molar refractivity (Wildman–Crippen MR) is 115 cm³/mol. The second-order valence-electron chi connectivity index (χ2n) is 6.58. The molecule has 1 fully saturated rings. The number of nitrogens with one attached hydrogen (secondary N) is 1. The molecule has 1 saturated heterocycles. The summed E-state index contributed by atoms with van der Waals surface area (Å²) in [6.45, 7) is 7.38. The summed E-state index contributed by atoms with van der Waals surface area (Å²) in [6, 6.07) is 0.448. The molecule has 0 aromatic carbocycles. The largest absolute Gasteiger partial charge is 0.382 e. The Hall–Kier alpha value is -0.870. The maximum absolute atomic E-state index is 5.49. The van der Waals surface area contributed by atoms with E-state index >= 15 is 0 Å². The number of likely N-dealkylation sites (tertiary alicyclic amines) is 1. The lowest BCUT2D eigenvalue weighted by Crippen LogP contribution is -2.49. The average molecular weight is 479 g/mol. The van der Waals surface area contributed by atoms with Crippen LogP contribution in [0.25, 0.3) is 0 Å². The first-order valence-electron chi connectivity index (χ1n) is 9.26. The molecule has 2 heterocycles. The number of methoxy groups -OCH3 is 1. The number of unbranched alkanes of at least 4 members (excludes halogenated alkanes) is 1. The van der Waals surface area contributed by atoms with E-state index in [1.807, 2.05) is 19.6 Å². The molecule has 8 heteroatoms. The van der Waals surface area contributed by atoms with Gasteiger partial charge in [-0.25, -0.2) is 4.98 Å². The third-order valence-electron chi connectivity index (χ3n) is 4.77. The number of halogens is 1. The first-order valence-corrected chi connectivity index (χ1v) is 9.26. The molecule has 2 rings (SSSR count). The van der Waals surface area contributed by atoms with Crippen LogP contribution in [0.4, 0.5) is 0 Å². The summed E-state index contributed by atoms with van der Waals surface area (Å²) < 4.78 is 12.7. The number of imidazole rings is 1. The Labute approximate surface area is 174 Å². The second kappa shape index (κ2) is 13.3. The van der Waals surface area contributed by atoms with E-state index in [2.05, 4.69) is 37.9 Å². The van der Waals surface area contributed by atoms with Gasteiger partial charge in [-0.1, -0.05) is 6.92 Å². The van der Waals surface area contributed by atoms with Gasteiger partial charge in [-0.15, -0.1) is 24.0 Å². The van der Waals surface area contributed by atoms with Gasteiger partial charge >= 0.3 is 0 Å². The molecular weight excluding hydrogens is 445 g/mol. The number of hydrogen-bond donors (Lipinski definition) is 1. The number of piperidine rings is 1. The number of aromatic nitrogens is 2. The Morgan fingerprint density at radius 2 is 2.15 bits per heavy atom. The molecule has 1 aromatic rings. The van der Waals surface area contributed by atoms with E-state index in [0.717, 1.165) is 51.5 Å². The Morgan fingerprint density at radius 1 is 1.31 bits per heavy atom. The van der Waals surface area contributed by atoms with E-state index in [1.165, 1.54) is 0 Å². The summed E-state index contributed by atoms with van der Waals surface area (Å²) in [4.78, 5) is 11.0. The van der Waals surface area contributed by atoms with Gasteiger partial charge in [0.15, 0.2) is 5.96 Å². The SMILES string of the molecule is CN=C(NCCCCOCCOC)N1CCC(C)C(n2ccnc2)C1.I. The molecule has 150 valence electrons. The van der Waals surface area contributed by atoms with Crippen LogP contribution in [0.3, 0.4) is 0 Å². The molecule has 1 aromatic heterocycles. The maximum atomic E-state index is 5.49. The summed E-state index contributed by atoms with van der Waals surface area (Å²) in [5, 5.41) is 3.49. The van der Waals surface area contributed by atoms with Crippen molar-refractivity contribution in [2.45, 2.75) is 32.2 Å². The highest BCUT2D eigenvalue weighted by Gasteiger charge is 2.28. The maximum Gasteiger partial charge on any atom is 0.193 e. The minimum absolute atomic E-state index is 0. The quantitative estimate of drug-likeness (QED) is 0.255. The average Bonchev–Trinajstić information content (AvgIpc) is 3.16. The molecule has 0 spiro atoms. The molecule has 1 aliphatic heterocycles. The van der Waals surface area contributed by atoms with Crippen molar-refractivity contribution in [3.63, 3.8) is 0 Å². The Bertz CT molecular complexity index is 498. The molecule has 0 aliphatic carbocycles. The van der Waals surface area contributed by atoms with Crippen molar-refractivity contribution in [2.75, 3.05) is 53.6 Å². The highest BCUT2D eigenvalue weighted by molar-refractivity contribution is 14.0. The predicted octanol–water partition coefficient (Wildman–Crippen LogP) is 2.40. The van der Waals surface area contributed by atoms with Crippen molar-refractivity contribution in [1.82, 2.24) is 19.8 Å². The molecule has 0 amide bonds. The summed E-state index contributed by atoms with van der Waals surface area (Å²) in [5.74, 6) is 1.64. The molecule has 0 saturated carbocycles. The van der Waals surface area contributed by atoms with Crippen LogP contribution >= 0.6 is 24.0 Å². The Balaban J connectivity index is 0.00000338. The van der Waals surface area contributed by atoms with Gasteiger partial charge in [-0.3, -0.25) is 4.99 Å². The number of guanidine groups is 1. The van der Waals surface area contributed by atoms with Gasteiger partial charge in [-0.05, 0) is 25.2 Å². The number of rotatable bonds is 9. The van der Waals surface area contributed by atoms with E-state index < -0.39 is 0 Å². The number of aliphatic imine (C=N–C) groups is 1. The number of nitrogens with zero attached hydrogens (tertiary/aromatic N) is 4. The Morgan fingerprint density at radius 3 is 2.85 bits per heavy atom. The topological polar surface area (TPSA) is 63.9 Å². The molecule has 0 radical (unpaired) electrons. The summed E-state index contributed by atoms with van der Waals surface area (Å²) in [5.41, 5.74) is 0. The van der Waals surface area contributed by atoms with Crippen molar-refractivity contribution in [1.29, 1.82) is 0 Å². The van der Waals surface area contributed by atoms with Crippen LogP contribution in [0.2, 0.25) is 0 Å². The number of ether oxygens (including phenoxy) is 2. The molecule has 26 heavy (non-hydrogen) atoms. The van der Waals surface area contributed by atoms with E-state index in [1.54, 1.807) is 7.11 Å². The fraction of sp³-hybridized carbons (Fsp3) is 0.778. The normalized spacial score (nSPS) is 20.7. The van der Waals surface area contributed by atoms with Crippen molar-refractivity contribution >= 4 is 29.9 Å². The zero-order valence-corrected chi connectivity index (χ0v) is 18.6. The first kappa shape index (κ1) is 23.2. The van der Waals surface area contributed by atoms with E-state index in [-0.39, 0.29) is 24.0 Å². The second-order valence-corrected chi connectivity index (χ2v) is 6.58. The lowest BCUT2D eigenvalue weighted by atomic mass is 9.93. The van der Waals surface area contributed by atoms with E-state index in [0.29, 0.717) is 25.2 Å². The molecule has 1 aliphatic rings. The van der Waals surface area contributed by atoms with Gasteiger partial charge in [-0.2, -0.15) is 0 Å². The van der Waals surface area contributed by atoms with Crippen LogP contribution in [-0.2, 0) is 9.47 Å². The lowest BCUT2D eigenvalue weighted by Gasteiger charge is -2.39. The van der Waals surface area contributed by atoms with Gasteiger partial charge in [0.1, 0.15) is 0 Å². The lowest BCUT2D eigenvalue weighted by molar-refractivity contribution is 0.0689. The fourth-order valence-corrected chi connectivity index (χ4v) is 3.20. The summed E-state index contributed by atoms with van der Waals surface area (Å²) in [7, 11) is 3.55. The smallest absolute Gasteiger partial charge is 0.193 e. The standard InChI is InChI=1S/C18H33N5O2.HI/c1-16-6-9-22(14-17(16)23-10-8-20-15-23)18(19-2)21-7-4-5-11-25-13-12-24-3;/h8,10,15-17H,4-7,9,11-14H2,1-3H3,(H,19,21);1H. The molecule has 1 N–H and O–H groups in total. The van der Waals surface area contributed by atoms with Crippen LogP contribution in [0.1, 0.15) is 32.2 Å². The van der Waals surface area contributed by atoms with Crippen molar-refractivity contribution in [3.8, 4) is 0 Å². The summed E-state index contributed by atoms with van der Waals surface area (Å²) in [6.07, 6.45) is 9.11. The van der Waals surface area contributed by atoms with Gasteiger partial charge in [0.25, 0.3) is 0 Å². The van der Waals surface area contributed by atoms with Gasteiger partial charge in [0.05, 0.1) is 25.6 Å². The van der Waals surface area contributed by atoms with Crippen LogP contribution in [-0.4, -0.2) is 74.0 Å². The molecule has 0 bridgehead atoms. The number of hydrogen-bond acceptors (Lipinski definition) is 4. The van der Waals surface area contributed by atoms with Gasteiger partial charge in [0.2, 0.25) is 0 Å². The van der Waals surface area contributed by atoms with Crippen molar-refractivity contribution in [2.24, 2.45) is 10.9 Å². The monoisotopic (exact) mass is 479 g/mol. The van der Waals surface area contributed by atoms with Crippen LogP contribution in [0.15, 0.2) is 23.7 Å². The van der Waals surface area contributed by atoms with Gasteiger partial charge in [0, 0.05) is 52.8 Å². The minimum atomic E-state index is 0. The molecule has 2 unspecified atom stereocenters. The zero-order chi connectivity index (χ0) is 17.9.